The summed E-state index contributed by atoms with van der Waals surface area (Å²) in [6.45, 7) is 6.70. The van der Waals surface area contributed by atoms with Crippen LogP contribution in [0.3, 0.4) is 0 Å². The second-order valence-electron chi connectivity index (χ2n) is 6.83. The summed E-state index contributed by atoms with van der Waals surface area (Å²) in [5.74, 6) is 0. The fourth-order valence-corrected chi connectivity index (χ4v) is 3.11. The summed E-state index contributed by atoms with van der Waals surface area (Å²) in [5, 5.41) is 0. The van der Waals surface area contributed by atoms with Crippen molar-refractivity contribution in [2.24, 2.45) is 5.73 Å². The number of benzene rings is 1. The van der Waals surface area contributed by atoms with E-state index in [1.807, 2.05) is 0 Å². The molecule has 0 heterocycles. The quantitative estimate of drug-likeness (QED) is 0.894. The van der Waals surface area contributed by atoms with Crippen molar-refractivity contribution < 1.29 is 4.74 Å². The van der Waals surface area contributed by atoms with Crippen molar-refractivity contribution in [2.75, 3.05) is 7.11 Å². The zero-order valence-electron chi connectivity index (χ0n) is 12.7. The Kier molecular flexibility index (Phi) is 4.03. The predicted octanol–water partition coefficient (Wildman–Crippen LogP) is 3.94. The third kappa shape index (κ3) is 2.85. The van der Waals surface area contributed by atoms with Crippen molar-refractivity contribution in [1.29, 1.82) is 0 Å². The molecule has 0 spiro atoms. The molecule has 1 saturated carbocycles. The minimum atomic E-state index is -0.150. The maximum atomic E-state index is 6.48. The molecule has 1 unspecified atom stereocenters. The second kappa shape index (κ2) is 5.26. The zero-order chi connectivity index (χ0) is 14.1. The van der Waals surface area contributed by atoms with Gasteiger partial charge < -0.3 is 10.5 Å². The first-order valence-corrected chi connectivity index (χ1v) is 7.30. The van der Waals surface area contributed by atoms with E-state index in [0.29, 0.717) is 0 Å². The van der Waals surface area contributed by atoms with E-state index in [4.69, 9.17) is 10.5 Å². The second-order valence-corrected chi connectivity index (χ2v) is 6.83. The van der Waals surface area contributed by atoms with E-state index in [0.717, 1.165) is 12.8 Å². The zero-order valence-corrected chi connectivity index (χ0v) is 12.7. The number of nitrogens with two attached hydrogens (primary N) is 1. The number of ether oxygens (including phenoxy) is 1. The number of methoxy groups -OCH3 is 1. The van der Waals surface area contributed by atoms with Crippen LogP contribution in [0, 0.1) is 0 Å². The monoisotopic (exact) mass is 261 g/mol. The smallest absolute Gasteiger partial charge is 0.0870 e. The lowest BCUT2D eigenvalue weighted by Gasteiger charge is -2.34. The van der Waals surface area contributed by atoms with E-state index < -0.39 is 0 Å². The van der Waals surface area contributed by atoms with E-state index >= 15 is 0 Å². The Labute approximate surface area is 117 Å². The van der Waals surface area contributed by atoms with Crippen molar-refractivity contribution in [1.82, 2.24) is 0 Å². The molecule has 2 nitrogen and oxygen atoms in total. The third-order valence-electron chi connectivity index (χ3n) is 4.56. The molecule has 0 amide bonds. The average molecular weight is 261 g/mol. The van der Waals surface area contributed by atoms with Gasteiger partial charge in [-0.2, -0.15) is 0 Å². The van der Waals surface area contributed by atoms with Crippen molar-refractivity contribution >= 4 is 0 Å². The number of rotatable bonds is 3. The average Bonchev–Trinajstić information content (AvgIpc) is 2.87. The van der Waals surface area contributed by atoms with Crippen LogP contribution < -0.4 is 5.73 Å². The van der Waals surface area contributed by atoms with Gasteiger partial charge in [0.15, 0.2) is 0 Å². The maximum absolute atomic E-state index is 6.48. The first kappa shape index (κ1) is 14.5. The van der Waals surface area contributed by atoms with Crippen molar-refractivity contribution in [3.05, 3.63) is 35.4 Å². The third-order valence-corrected chi connectivity index (χ3v) is 4.56. The Balaban J connectivity index is 2.22. The standard InChI is InChI=1S/C17H27NO/c1-16(2,3)14-9-7-13(8-10-14)15(18)17(19-4)11-5-6-12-17/h7-10,15H,5-6,11-12,18H2,1-4H3. The van der Waals surface area contributed by atoms with Gasteiger partial charge in [0, 0.05) is 7.11 Å². The Bertz CT molecular complexity index is 410. The normalized spacial score (nSPS) is 20.5. The fourth-order valence-electron chi connectivity index (χ4n) is 3.11. The highest BCUT2D eigenvalue weighted by Crippen LogP contribution is 2.41. The highest BCUT2D eigenvalue weighted by atomic mass is 16.5. The summed E-state index contributed by atoms with van der Waals surface area (Å²) >= 11 is 0. The van der Waals surface area contributed by atoms with Crippen LogP contribution in [-0.2, 0) is 10.2 Å². The highest BCUT2D eigenvalue weighted by Gasteiger charge is 2.40. The van der Waals surface area contributed by atoms with Crippen LogP contribution in [0.5, 0.6) is 0 Å². The van der Waals surface area contributed by atoms with Crippen LogP contribution in [-0.4, -0.2) is 12.7 Å². The molecule has 1 atom stereocenters. The molecule has 2 rings (SSSR count). The summed E-state index contributed by atoms with van der Waals surface area (Å²) in [7, 11) is 1.80. The summed E-state index contributed by atoms with van der Waals surface area (Å²) in [6, 6.07) is 8.73. The van der Waals surface area contributed by atoms with Crippen LogP contribution in [0.4, 0.5) is 0 Å². The predicted molar refractivity (Wildman–Crippen MR) is 80.3 cm³/mol. The Morgan fingerprint density at radius 1 is 1.11 bits per heavy atom. The Hall–Kier alpha value is -0.860. The van der Waals surface area contributed by atoms with Crippen LogP contribution in [0.15, 0.2) is 24.3 Å². The lowest BCUT2D eigenvalue weighted by atomic mass is 9.83. The lowest BCUT2D eigenvalue weighted by molar-refractivity contribution is -0.0264. The molecule has 106 valence electrons. The molecular formula is C17H27NO. The van der Waals surface area contributed by atoms with Gasteiger partial charge >= 0.3 is 0 Å². The molecule has 0 aliphatic heterocycles. The van der Waals surface area contributed by atoms with Gasteiger partial charge in [-0.1, -0.05) is 57.9 Å². The molecule has 1 aromatic carbocycles. The molecule has 19 heavy (non-hydrogen) atoms. The van der Waals surface area contributed by atoms with Gasteiger partial charge in [0.2, 0.25) is 0 Å². The molecular weight excluding hydrogens is 234 g/mol. The van der Waals surface area contributed by atoms with Gasteiger partial charge in [-0.3, -0.25) is 0 Å². The molecule has 1 aliphatic rings. The van der Waals surface area contributed by atoms with Gasteiger partial charge in [0.05, 0.1) is 11.6 Å². The first-order valence-electron chi connectivity index (χ1n) is 7.30. The molecule has 1 aliphatic carbocycles. The van der Waals surface area contributed by atoms with E-state index in [9.17, 15) is 0 Å². The van der Waals surface area contributed by atoms with Gasteiger partial charge in [-0.25, -0.2) is 0 Å². The fraction of sp³-hybridized carbons (Fsp3) is 0.647. The summed E-state index contributed by atoms with van der Waals surface area (Å²) in [6.07, 6.45) is 4.60. The minimum absolute atomic E-state index is 0.0194. The van der Waals surface area contributed by atoms with Crippen LogP contribution in [0.1, 0.15) is 63.6 Å². The number of hydrogen-bond donors (Lipinski definition) is 1. The summed E-state index contributed by atoms with van der Waals surface area (Å²) in [4.78, 5) is 0. The minimum Gasteiger partial charge on any atom is -0.376 e. The Morgan fingerprint density at radius 3 is 2.05 bits per heavy atom. The summed E-state index contributed by atoms with van der Waals surface area (Å²) < 4.78 is 5.79. The van der Waals surface area contributed by atoms with Crippen LogP contribution in [0.2, 0.25) is 0 Å². The summed E-state index contributed by atoms with van der Waals surface area (Å²) in [5.41, 5.74) is 9.06. The lowest BCUT2D eigenvalue weighted by Crippen LogP contribution is -2.40. The molecule has 2 heteroatoms. The van der Waals surface area contributed by atoms with Gasteiger partial charge in [-0.15, -0.1) is 0 Å². The molecule has 1 aromatic rings. The largest absolute Gasteiger partial charge is 0.376 e. The van der Waals surface area contributed by atoms with Gasteiger partial charge in [0.1, 0.15) is 0 Å². The molecule has 0 bridgehead atoms. The van der Waals surface area contributed by atoms with Gasteiger partial charge in [0.25, 0.3) is 0 Å². The van der Waals surface area contributed by atoms with E-state index in [1.165, 1.54) is 24.0 Å². The van der Waals surface area contributed by atoms with Gasteiger partial charge in [-0.05, 0) is 29.4 Å². The van der Waals surface area contributed by atoms with E-state index in [2.05, 4.69) is 45.0 Å². The molecule has 2 N–H and O–H groups in total. The molecule has 0 saturated heterocycles. The highest BCUT2D eigenvalue weighted by molar-refractivity contribution is 5.30. The molecule has 1 fully saturated rings. The number of hydrogen-bond acceptors (Lipinski definition) is 2. The van der Waals surface area contributed by atoms with Crippen molar-refractivity contribution in [3.63, 3.8) is 0 Å². The van der Waals surface area contributed by atoms with E-state index in [-0.39, 0.29) is 17.1 Å². The van der Waals surface area contributed by atoms with Crippen LogP contribution in [0.25, 0.3) is 0 Å². The first-order chi connectivity index (χ1) is 8.89. The van der Waals surface area contributed by atoms with Crippen molar-refractivity contribution in [3.8, 4) is 0 Å². The molecule has 0 radical (unpaired) electrons. The van der Waals surface area contributed by atoms with E-state index in [1.54, 1.807) is 7.11 Å². The Morgan fingerprint density at radius 2 is 1.63 bits per heavy atom. The SMILES string of the molecule is COC1(C(N)c2ccc(C(C)(C)C)cc2)CCCC1. The van der Waals surface area contributed by atoms with Crippen LogP contribution >= 0.6 is 0 Å². The molecule has 0 aromatic heterocycles. The topological polar surface area (TPSA) is 35.2 Å². The van der Waals surface area contributed by atoms with Crippen molar-refractivity contribution in [2.45, 2.75) is 63.5 Å². The maximum Gasteiger partial charge on any atom is 0.0870 e.